The molecular formula is C14H14N2O3. The fraction of sp³-hybridized carbons (Fsp3) is 0.143. The lowest BCUT2D eigenvalue weighted by Gasteiger charge is -2.17. The molecule has 0 aliphatic rings. The number of nitrogens with zero attached hydrogens (tertiary/aromatic N) is 2. The summed E-state index contributed by atoms with van der Waals surface area (Å²) in [6.45, 7) is 0. The predicted octanol–water partition coefficient (Wildman–Crippen LogP) is 1.37. The van der Waals surface area contributed by atoms with Gasteiger partial charge in [-0.3, -0.25) is 9.59 Å². The monoisotopic (exact) mass is 258 g/mol. The second kappa shape index (κ2) is 4.97. The third kappa shape index (κ3) is 2.49. The number of phenols is 1. The van der Waals surface area contributed by atoms with Gasteiger partial charge < -0.3 is 14.6 Å². The molecule has 1 amide bonds. The molecule has 0 aliphatic heterocycles. The van der Waals surface area contributed by atoms with Gasteiger partial charge in [0, 0.05) is 26.0 Å². The first-order valence-corrected chi connectivity index (χ1v) is 5.73. The van der Waals surface area contributed by atoms with Crippen molar-refractivity contribution >= 4 is 11.6 Å². The summed E-state index contributed by atoms with van der Waals surface area (Å²) in [5, 5.41) is 9.22. The van der Waals surface area contributed by atoms with Gasteiger partial charge in [0.05, 0.1) is 0 Å². The highest BCUT2D eigenvalue weighted by molar-refractivity contribution is 6.05. The largest absolute Gasteiger partial charge is 0.508 e. The van der Waals surface area contributed by atoms with E-state index in [2.05, 4.69) is 0 Å². The van der Waals surface area contributed by atoms with Gasteiger partial charge in [-0.2, -0.15) is 0 Å². The Balaban J connectivity index is 2.36. The maximum Gasteiger partial charge on any atom is 0.263 e. The molecule has 2 aromatic rings. The number of benzene rings is 1. The van der Waals surface area contributed by atoms with Gasteiger partial charge in [-0.25, -0.2) is 0 Å². The number of carbonyl (C=O) groups excluding carboxylic acids is 1. The van der Waals surface area contributed by atoms with Crippen molar-refractivity contribution in [2.45, 2.75) is 0 Å². The molecule has 19 heavy (non-hydrogen) atoms. The van der Waals surface area contributed by atoms with Crippen LogP contribution in [-0.2, 0) is 7.05 Å². The second-order valence-corrected chi connectivity index (χ2v) is 4.22. The number of aryl methyl sites for hydroxylation is 1. The molecule has 0 unspecified atom stereocenters. The van der Waals surface area contributed by atoms with Crippen LogP contribution in [0.2, 0.25) is 0 Å². The van der Waals surface area contributed by atoms with Gasteiger partial charge in [-0.15, -0.1) is 0 Å². The Morgan fingerprint density at radius 3 is 2.47 bits per heavy atom. The number of amides is 1. The van der Waals surface area contributed by atoms with Crippen molar-refractivity contribution in [3.05, 3.63) is 58.5 Å². The SMILES string of the molecule is CN(C(=O)c1cccn(C)c1=O)c1ccc(O)cc1. The van der Waals surface area contributed by atoms with Crippen LogP contribution >= 0.6 is 0 Å². The quantitative estimate of drug-likeness (QED) is 0.884. The summed E-state index contributed by atoms with van der Waals surface area (Å²) >= 11 is 0. The topological polar surface area (TPSA) is 62.5 Å². The molecule has 0 spiro atoms. The molecular weight excluding hydrogens is 244 g/mol. The van der Waals surface area contributed by atoms with Crippen molar-refractivity contribution in [3.8, 4) is 5.75 Å². The first-order chi connectivity index (χ1) is 9.00. The van der Waals surface area contributed by atoms with Crippen LogP contribution in [0.4, 0.5) is 5.69 Å². The maximum absolute atomic E-state index is 12.3. The van der Waals surface area contributed by atoms with Crippen LogP contribution in [-0.4, -0.2) is 22.6 Å². The minimum Gasteiger partial charge on any atom is -0.508 e. The second-order valence-electron chi connectivity index (χ2n) is 4.22. The fourth-order valence-electron chi connectivity index (χ4n) is 1.73. The summed E-state index contributed by atoms with van der Waals surface area (Å²) in [4.78, 5) is 25.5. The molecule has 0 fully saturated rings. The van der Waals surface area contributed by atoms with Crippen molar-refractivity contribution in [3.63, 3.8) is 0 Å². The summed E-state index contributed by atoms with van der Waals surface area (Å²) in [6, 6.07) is 9.35. The third-order valence-corrected chi connectivity index (χ3v) is 2.90. The highest BCUT2D eigenvalue weighted by Gasteiger charge is 2.17. The van der Waals surface area contributed by atoms with Gasteiger partial charge in [0.1, 0.15) is 11.3 Å². The van der Waals surface area contributed by atoms with E-state index in [0.29, 0.717) is 5.69 Å². The summed E-state index contributed by atoms with van der Waals surface area (Å²) in [6.07, 6.45) is 1.60. The molecule has 0 atom stereocenters. The van der Waals surface area contributed by atoms with E-state index in [-0.39, 0.29) is 22.8 Å². The maximum atomic E-state index is 12.3. The zero-order valence-corrected chi connectivity index (χ0v) is 10.7. The number of hydrogen-bond acceptors (Lipinski definition) is 3. The lowest BCUT2D eigenvalue weighted by atomic mass is 10.2. The van der Waals surface area contributed by atoms with Crippen LogP contribution in [0.25, 0.3) is 0 Å². The summed E-state index contributed by atoms with van der Waals surface area (Å²) < 4.78 is 1.36. The van der Waals surface area contributed by atoms with Gasteiger partial charge in [-0.1, -0.05) is 0 Å². The molecule has 0 bridgehead atoms. The van der Waals surface area contributed by atoms with Gasteiger partial charge in [0.2, 0.25) is 0 Å². The first-order valence-electron chi connectivity index (χ1n) is 5.73. The molecule has 0 aliphatic carbocycles. The average Bonchev–Trinajstić information content (AvgIpc) is 2.41. The standard InChI is InChI=1S/C14H14N2O3/c1-15-9-3-4-12(13(15)18)14(19)16(2)10-5-7-11(17)8-6-10/h3-9,17H,1-2H3. The van der Waals surface area contributed by atoms with E-state index in [1.807, 2.05) is 0 Å². The van der Waals surface area contributed by atoms with E-state index in [1.165, 1.54) is 27.7 Å². The van der Waals surface area contributed by atoms with Gasteiger partial charge >= 0.3 is 0 Å². The molecule has 1 aromatic heterocycles. The normalized spacial score (nSPS) is 10.2. The lowest BCUT2D eigenvalue weighted by molar-refractivity contribution is 0.0991. The zero-order chi connectivity index (χ0) is 14.0. The minimum absolute atomic E-state index is 0.112. The smallest absolute Gasteiger partial charge is 0.263 e. The molecule has 1 aromatic carbocycles. The van der Waals surface area contributed by atoms with E-state index in [0.717, 1.165) is 0 Å². The zero-order valence-electron chi connectivity index (χ0n) is 10.7. The van der Waals surface area contributed by atoms with Crippen LogP contribution in [0.15, 0.2) is 47.4 Å². The Labute approximate surface area is 110 Å². The van der Waals surface area contributed by atoms with Crippen molar-refractivity contribution in [1.29, 1.82) is 0 Å². The number of phenolic OH excluding ortho intramolecular Hbond substituents is 1. The van der Waals surface area contributed by atoms with Crippen LogP contribution in [0.1, 0.15) is 10.4 Å². The Morgan fingerprint density at radius 2 is 1.84 bits per heavy atom. The number of pyridine rings is 1. The average molecular weight is 258 g/mol. The van der Waals surface area contributed by atoms with Crippen LogP contribution < -0.4 is 10.5 Å². The number of anilines is 1. The fourth-order valence-corrected chi connectivity index (χ4v) is 1.73. The highest BCUT2D eigenvalue weighted by Crippen LogP contribution is 2.18. The van der Waals surface area contributed by atoms with Crippen LogP contribution in [0.5, 0.6) is 5.75 Å². The van der Waals surface area contributed by atoms with Gasteiger partial charge in [0.25, 0.3) is 11.5 Å². The first kappa shape index (κ1) is 12.9. The van der Waals surface area contributed by atoms with E-state index in [9.17, 15) is 14.7 Å². The molecule has 1 N–H and O–H groups in total. The summed E-state index contributed by atoms with van der Waals surface area (Å²) in [5.74, 6) is -0.257. The van der Waals surface area contributed by atoms with Crippen molar-refractivity contribution < 1.29 is 9.90 Å². The summed E-state index contributed by atoms with van der Waals surface area (Å²) in [5.41, 5.74) is 0.382. The number of hydrogen-bond donors (Lipinski definition) is 1. The number of rotatable bonds is 2. The molecule has 5 heteroatoms. The van der Waals surface area contributed by atoms with Crippen molar-refractivity contribution in [1.82, 2.24) is 4.57 Å². The minimum atomic E-state index is -0.383. The van der Waals surface area contributed by atoms with Crippen molar-refractivity contribution in [2.75, 3.05) is 11.9 Å². The van der Waals surface area contributed by atoms with Gasteiger partial charge in [0.15, 0.2) is 0 Å². The Kier molecular flexibility index (Phi) is 3.37. The van der Waals surface area contributed by atoms with E-state index in [4.69, 9.17) is 0 Å². The molecule has 0 radical (unpaired) electrons. The Morgan fingerprint density at radius 1 is 1.21 bits per heavy atom. The van der Waals surface area contributed by atoms with E-state index < -0.39 is 0 Å². The lowest BCUT2D eigenvalue weighted by Crippen LogP contribution is -2.33. The molecule has 5 nitrogen and oxygen atoms in total. The molecule has 0 saturated carbocycles. The molecule has 0 saturated heterocycles. The van der Waals surface area contributed by atoms with Crippen LogP contribution in [0, 0.1) is 0 Å². The Bertz CT molecular complexity index is 659. The third-order valence-electron chi connectivity index (χ3n) is 2.90. The van der Waals surface area contributed by atoms with Crippen LogP contribution in [0.3, 0.4) is 0 Å². The number of aromatic hydroxyl groups is 1. The summed E-state index contributed by atoms with van der Waals surface area (Å²) in [7, 11) is 3.18. The van der Waals surface area contributed by atoms with E-state index in [1.54, 1.807) is 38.5 Å². The van der Waals surface area contributed by atoms with Gasteiger partial charge in [-0.05, 0) is 36.4 Å². The number of carbonyl (C=O) groups is 1. The molecule has 2 rings (SSSR count). The van der Waals surface area contributed by atoms with E-state index >= 15 is 0 Å². The highest BCUT2D eigenvalue weighted by atomic mass is 16.3. The molecule has 98 valence electrons. The predicted molar refractivity (Wildman–Crippen MR) is 72.5 cm³/mol. The number of aromatic nitrogens is 1. The Hall–Kier alpha value is -2.56. The molecule has 1 heterocycles. The van der Waals surface area contributed by atoms with Crippen molar-refractivity contribution in [2.24, 2.45) is 7.05 Å².